The summed E-state index contributed by atoms with van der Waals surface area (Å²) >= 11 is 1.35. The first-order chi connectivity index (χ1) is 19.0. The molecule has 0 spiro atoms. The van der Waals surface area contributed by atoms with Crippen LogP contribution >= 0.6 is 11.8 Å². The lowest BCUT2D eigenvalue weighted by Crippen LogP contribution is -2.36. The van der Waals surface area contributed by atoms with Crippen LogP contribution in [0.4, 0.5) is 0 Å². The molecule has 0 fully saturated rings. The molecule has 46 heavy (non-hydrogen) atoms. The average molecular weight is 687 g/mol. The zero-order chi connectivity index (χ0) is 30.3. The van der Waals surface area contributed by atoms with Crippen molar-refractivity contribution in [3.8, 4) is 0 Å². The second-order valence-corrected chi connectivity index (χ2v) is 10.4. The van der Waals surface area contributed by atoms with Gasteiger partial charge in [0.05, 0.1) is 25.9 Å². The van der Waals surface area contributed by atoms with Gasteiger partial charge in [-0.15, -0.1) is 0 Å². The molecular weight excluding hydrogens is 616 g/mol. The van der Waals surface area contributed by atoms with Crippen molar-refractivity contribution in [2.75, 3.05) is 37.9 Å². The molecule has 0 bridgehead atoms. The Hall–Kier alpha value is -2.35. The first-order valence-corrected chi connectivity index (χ1v) is 14.9. The number of rotatable bonds is 26. The fourth-order valence-electron chi connectivity index (χ4n) is 3.37. The molecular formula is C33H70N2O10S. The van der Waals surface area contributed by atoms with E-state index < -0.39 is 30.6 Å². The van der Waals surface area contributed by atoms with Crippen molar-refractivity contribution >= 4 is 47.0 Å². The number of ether oxygens (including phenoxy) is 3. The summed E-state index contributed by atoms with van der Waals surface area (Å²) in [6.45, 7) is 3.56. The number of hydrogen-bond acceptors (Lipinski definition) is 12. The van der Waals surface area contributed by atoms with Crippen molar-refractivity contribution in [2.24, 2.45) is 17.4 Å². The van der Waals surface area contributed by atoms with E-state index in [9.17, 15) is 33.9 Å². The van der Waals surface area contributed by atoms with Crippen LogP contribution in [0.15, 0.2) is 0 Å². The summed E-state index contributed by atoms with van der Waals surface area (Å²) in [4.78, 5) is 70.3. The highest BCUT2D eigenvalue weighted by atomic mass is 32.2. The lowest BCUT2D eigenvalue weighted by molar-refractivity contribution is -0.149. The Balaban J connectivity index is -0.000000507. The SMILES string of the molecule is C.C.C.C.C.C.CCC(=O)OCCCC(CSCC(N)C(=O)CC(CO)C(=O)CCCOCCC(=O)CCC(N)=O)OC(=O)CC. The van der Waals surface area contributed by atoms with Gasteiger partial charge in [-0.1, -0.05) is 58.4 Å². The van der Waals surface area contributed by atoms with Gasteiger partial charge in [0.25, 0.3) is 0 Å². The minimum atomic E-state index is -0.858. The molecule has 0 aliphatic heterocycles. The van der Waals surface area contributed by atoms with Crippen molar-refractivity contribution in [1.29, 1.82) is 0 Å². The number of nitrogens with two attached hydrogens (primary N) is 2. The molecule has 1 amide bonds. The summed E-state index contributed by atoms with van der Waals surface area (Å²) in [6.07, 6.45) is 1.66. The highest BCUT2D eigenvalue weighted by molar-refractivity contribution is 7.99. The number of Topliss-reactive ketones (excluding diaryl/α,β-unsaturated/α-hetero) is 3. The average Bonchev–Trinajstić information content (AvgIpc) is 2.93. The summed E-state index contributed by atoms with van der Waals surface area (Å²) in [6, 6.07) is -0.852. The molecule has 0 aromatic carbocycles. The zero-order valence-electron chi connectivity index (χ0n) is 23.7. The number of aliphatic hydroxyl groups excluding tert-OH is 1. The zero-order valence-corrected chi connectivity index (χ0v) is 24.5. The molecule has 12 nitrogen and oxygen atoms in total. The second-order valence-electron chi connectivity index (χ2n) is 9.31. The van der Waals surface area contributed by atoms with Crippen molar-refractivity contribution in [3.63, 3.8) is 0 Å². The fraction of sp³-hybridized carbons (Fsp3) is 0.818. The van der Waals surface area contributed by atoms with Crippen LogP contribution in [0, 0.1) is 5.92 Å². The van der Waals surface area contributed by atoms with Crippen LogP contribution in [0.3, 0.4) is 0 Å². The molecule has 278 valence electrons. The van der Waals surface area contributed by atoms with Crippen LogP contribution in [0.2, 0.25) is 0 Å². The number of thioether (sulfide) groups is 1. The molecule has 0 aromatic rings. The number of aliphatic hydroxyl groups is 1. The van der Waals surface area contributed by atoms with E-state index in [1.807, 2.05) is 0 Å². The quantitative estimate of drug-likeness (QED) is 0.0806. The van der Waals surface area contributed by atoms with Gasteiger partial charge < -0.3 is 30.8 Å². The molecule has 0 rings (SSSR count). The highest BCUT2D eigenvalue weighted by Crippen LogP contribution is 2.16. The normalized spacial score (nSPS) is 11.5. The van der Waals surface area contributed by atoms with Gasteiger partial charge in [-0.2, -0.15) is 11.8 Å². The van der Waals surface area contributed by atoms with E-state index in [1.165, 1.54) is 11.8 Å². The predicted molar refractivity (Wildman–Crippen MR) is 190 cm³/mol. The summed E-state index contributed by atoms with van der Waals surface area (Å²) in [5.74, 6) is -2.12. The number of hydrogen-bond donors (Lipinski definition) is 3. The summed E-state index contributed by atoms with van der Waals surface area (Å²) in [5.41, 5.74) is 11.0. The molecule has 0 saturated heterocycles. The fourth-order valence-corrected chi connectivity index (χ4v) is 4.44. The van der Waals surface area contributed by atoms with Gasteiger partial charge in [-0.05, 0) is 19.3 Å². The Morgan fingerprint density at radius 3 is 1.89 bits per heavy atom. The Labute approximate surface area is 284 Å². The smallest absolute Gasteiger partial charge is 0.305 e. The van der Waals surface area contributed by atoms with Crippen LogP contribution in [0.25, 0.3) is 0 Å². The maximum Gasteiger partial charge on any atom is 0.305 e. The van der Waals surface area contributed by atoms with Gasteiger partial charge in [-0.3, -0.25) is 28.8 Å². The molecule has 0 aliphatic carbocycles. The minimum Gasteiger partial charge on any atom is -0.466 e. The van der Waals surface area contributed by atoms with E-state index in [0.717, 1.165) is 0 Å². The van der Waals surface area contributed by atoms with E-state index in [1.54, 1.807) is 13.8 Å². The van der Waals surface area contributed by atoms with E-state index in [0.29, 0.717) is 25.0 Å². The number of carbonyl (C=O) groups excluding carboxylic acids is 6. The Bertz CT molecular complexity index is 811. The summed E-state index contributed by atoms with van der Waals surface area (Å²) in [7, 11) is 0. The third-order valence-electron chi connectivity index (χ3n) is 5.83. The number of esters is 2. The molecule has 0 aliphatic rings. The van der Waals surface area contributed by atoms with Gasteiger partial charge in [0.15, 0.2) is 5.78 Å². The largest absolute Gasteiger partial charge is 0.466 e. The summed E-state index contributed by atoms with van der Waals surface area (Å²) < 4.78 is 15.8. The predicted octanol–water partition coefficient (Wildman–Crippen LogP) is 5.08. The molecule has 0 heterocycles. The van der Waals surface area contributed by atoms with Gasteiger partial charge in [0.2, 0.25) is 5.91 Å². The maximum atomic E-state index is 12.6. The molecule has 0 radical (unpaired) electrons. The second kappa shape index (κ2) is 37.1. The van der Waals surface area contributed by atoms with Crippen molar-refractivity contribution in [1.82, 2.24) is 0 Å². The van der Waals surface area contributed by atoms with Gasteiger partial charge in [0.1, 0.15) is 17.7 Å². The van der Waals surface area contributed by atoms with E-state index in [-0.39, 0.29) is 144 Å². The summed E-state index contributed by atoms with van der Waals surface area (Å²) in [5, 5.41) is 9.63. The van der Waals surface area contributed by atoms with E-state index in [4.69, 9.17) is 25.7 Å². The lowest BCUT2D eigenvalue weighted by Gasteiger charge is -2.19. The monoisotopic (exact) mass is 686 g/mol. The number of carbonyl (C=O) groups is 6. The maximum absolute atomic E-state index is 12.6. The minimum absolute atomic E-state index is 0. The third-order valence-corrected chi connectivity index (χ3v) is 7.04. The number of amides is 1. The van der Waals surface area contributed by atoms with Crippen molar-refractivity contribution in [3.05, 3.63) is 0 Å². The van der Waals surface area contributed by atoms with Crippen molar-refractivity contribution in [2.45, 2.75) is 135 Å². The number of primary amides is 1. The molecule has 5 N–H and O–H groups in total. The van der Waals surface area contributed by atoms with Crippen LogP contribution in [-0.2, 0) is 43.0 Å². The van der Waals surface area contributed by atoms with Gasteiger partial charge >= 0.3 is 11.9 Å². The number of ketones is 3. The van der Waals surface area contributed by atoms with Crippen LogP contribution in [0.5, 0.6) is 0 Å². The lowest BCUT2D eigenvalue weighted by atomic mass is 9.93. The topological polar surface area (TPSA) is 202 Å². The Morgan fingerprint density at radius 1 is 0.739 bits per heavy atom. The van der Waals surface area contributed by atoms with E-state index >= 15 is 0 Å². The Kier molecular flexibility index (Phi) is 47.7. The van der Waals surface area contributed by atoms with Crippen LogP contribution in [-0.4, -0.2) is 90.4 Å². The highest BCUT2D eigenvalue weighted by Gasteiger charge is 2.24. The first kappa shape index (κ1) is 59.1. The van der Waals surface area contributed by atoms with Gasteiger partial charge in [0, 0.05) is 69.0 Å². The van der Waals surface area contributed by atoms with Crippen LogP contribution in [0.1, 0.15) is 123 Å². The molecule has 0 saturated carbocycles. The third kappa shape index (κ3) is 31.6. The Morgan fingerprint density at radius 2 is 1.35 bits per heavy atom. The molecule has 13 heteroatoms. The molecule has 3 atom stereocenters. The van der Waals surface area contributed by atoms with Crippen molar-refractivity contribution < 1.29 is 48.1 Å². The standard InChI is InChI=1S/C27H46N2O10S.6CH4/c1-3-26(35)38-13-5-7-21(39-27(36)4-2)17-40-18-22(28)24(33)15-19(16-30)23(32)8-6-12-37-14-11-20(31)9-10-25(29)34;;;;;;/h19,21-22,30H,3-18,28H2,1-2H3,(H2,29,34);6*1H4. The van der Waals surface area contributed by atoms with Gasteiger partial charge in [-0.25, -0.2) is 0 Å². The molecule has 0 aromatic heterocycles. The molecule has 3 unspecified atom stereocenters. The van der Waals surface area contributed by atoms with E-state index in [2.05, 4.69) is 0 Å². The first-order valence-electron chi connectivity index (χ1n) is 13.8. The van der Waals surface area contributed by atoms with Crippen LogP contribution < -0.4 is 11.5 Å².